The van der Waals surface area contributed by atoms with Crippen LogP contribution in [0, 0.1) is 0 Å². The maximum atomic E-state index is 12.3. The molecule has 7 nitrogen and oxygen atoms in total. The van der Waals surface area contributed by atoms with E-state index in [1.807, 2.05) is 47.3 Å². The first-order valence-electron chi connectivity index (χ1n) is 9.35. The van der Waals surface area contributed by atoms with Gasteiger partial charge in [-0.25, -0.2) is 4.68 Å². The van der Waals surface area contributed by atoms with E-state index < -0.39 is 0 Å². The van der Waals surface area contributed by atoms with E-state index in [1.165, 1.54) is 11.8 Å². The maximum Gasteiger partial charge on any atom is 0.230 e. The molecule has 0 aliphatic carbocycles. The number of nitrogens with zero attached hydrogens (tertiary/aromatic N) is 4. The van der Waals surface area contributed by atoms with Gasteiger partial charge in [-0.3, -0.25) is 4.79 Å². The molecule has 0 saturated heterocycles. The first-order valence-corrected chi connectivity index (χ1v) is 10.3. The van der Waals surface area contributed by atoms with Crippen molar-refractivity contribution in [2.24, 2.45) is 0 Å². The molecule has 0 spiro atoms. The van der Waals surface area contributed by atoms with Crippen LogP contribution >= 0.6 is 11.8 Å². The summed E-state index contributed by atoms with van der Waals surface area (Å²) in [6.45, 7) is 4.53. The fourth-order valence-electron chi connectivity index (χ4n) is 3.01. The van der Waals surface area contributed by atoms with Crippen LogP contribution in [0.15, 0.2) is 64.4 Å². The zero-order valence-corrected chi connectivity index (χ0v) is 17.0. The molecule has 3 heterocycles. The summed E-state index contributed by atoms with van der Waals surface area (Å²) in [7, 11) is 0. The van der Waals surface area contributed by atoms with Gasteiger partial charge in [-0.1, -0.05) is 43.8 Å². The van der Waals surface area contributed by atoms with Gasteiger partial charge >= 0.3 is 0 Å². The van der Waals surface area contributed by atoms with Gasteiger partial charge in [0, 0.05) is 5.39 Å². The Labute approximate surface area is 172 Å². The van der Waals surface area contributed by atoms with Crippen molar-refractivity contribution in [3.63, 3.8) is 0 Å². The maximum absolute atomic E-state index is 12.3. The van der Waals surface area contributed by atoms with E-state index in [1.54, 1.807) is 12.3 Å². The summed E-state index contributed by atoms with van der Waals surface area (Å²) < 4.78 is 7.10. The van der Waals surface area contributed by atoms with Crippen LogP contribution in [-0.2, 0) is 11.3 Å². The molecule has 0 saturated carbocycles. The zero-order chi connectivity index (χ0) is 20.2. The van der Waals surface area contributed by atoms with E-state index in [2.05, 4.69) is 34.5 Å². The number of hydrogen-bond acceptors (Lipinski definition) is 6. The molecule has 3 aromatic heterocycles. The standard InChI is InChI=1S/C21H21N5O2S/c1-14(2)19-17-12-23-26(15-7-4-3-5-8-15)20(17)21(25-24-19)29-13-18(27)22-11-16-9-6-10-28-16/h3-10,12,14H,11,13H2,1-2H3,(H,22,27). The number of thioether (sulfide) groups is 1. The fraction of sp³-hybridized carbons (Fsp3) is 0.238. The van der Waals surface area contributed by atoms with Crippen molar-refractivity contribution in [3.05, 3.63) is 66.4 Å². The van der Waals surface area contributed by atoms with Gasteiger partial charge in [0.15, 0.2) is 0 Å². The van der Waals surface area contributed by atoms with Crippen molar-refractivity contribution in [2.45, 2.75) is 31.3 Å². The minimum Gasteiger partial charge on any atom is -0.467 e. The summed E-state index contributed by atoms with van der Waals surface area (Å²) in [5.41, 5.74) is 2.71. The molecule has 8 heteroatoms. The van der Waals surface area contributed by atoms with Crippen LogP contribution in [0.1, 0.15) is 31.2 Å². The van der Waals surface area contributed by atoms with Crippen LogP contribution < -0.4 is 5.32 Å². The summed E-state index contributed by atoms with van der Waals surface area (Å²) in [5, 5.41) is 17.9. The molecule has 0 atom stereocenters. The Morgan fingerprint density at radius 2 is 2.00 bits per heavy atom. The second-order valence-corrected chi connectivity index (χ2v) is 7.81. The number of fused-ring (bicyclic) bond motifs is 1. The highest BCUT2D eigenvalue weighted by atomic mass is 32.2. The average molecular weight is 407 g/mol. The molecule has 0 aliphatic heterocycles. The number of amides is 1. The highest BCUT2D eigenvalue weighted by Gasteiger charge is 2.19. The number of hydrogen-bond donors (Lipinski definition) is 1. The summed E-state index contributed by atoms with van der Waals surface area (Å²) in [4.78, 5) is 12.3. The first kappa shape index (κ1) is 19.2. The van der Waals surface area contributed by atoms with Gasteiger partial charge < -0.3 is 9.73 Å². The van der Waals surface area contributed by atoms with Gasteiger partial charge in [0.25, 0.3) is 0 Å². The lowest BCUT2D eigenvalue weighted by Crippen LogP contribution is -2.24. The quantitative estimate of drug-likeness (QED) is 0.467. The summed E-state index contributed by atoms with van der Waals surface area (Å²) >= 11 is 1.35. The Morgan fingerprint density at radius 1 is 1.17 bits per heavy atom. The molecular formula is C21H21N5O2S. The predicted octanol–water partition coefficient (Wildman–Crippen LogP) is 3.94. The molecule has 0 radical (unpaired) electrons. The Bertz CT molecular complexity index is 1110. The van der Waals surface area contributed by atoms with Crippen LogP contribution in [-0.4, -0.2) is 31.6 Å². The van der Waals surface area contributed by atoms with Crippen molar-refractivity contribution in [1.82, 2.24) is 25.3 Å². The number of benzene rings is 1. The summed E-state index contributed by atoms with van der Waals surface area (Å²) in [5.74, 6) is 1.06. The van der Waals surface area contributed by atoms with Crippen molar-refractivity contribution in [3.8, 4) is 5.69 Å². The molecule has 1 N–H and O–H groups in total. The molecular weight excluding hydrogens is 386 g/mol. The van der Waals surface area contributed by atoms with E-state index in [-0.39, 0.29) is 17.6 Å². The van der Waals surface area contributed by atoms with Gasteiger partial charge in [-0.15, -0.1) is 5.10 Å². The number of nitrogens with one attached hydrogen (secondary N) is 1. The van der Waals surface area contributed by atoms with E-state index in [4.69, 9.17) is 4.42 Å². The predicted molar refractivity (Wildman–Crippen MR) is 112 cm³/mol. The van der Waals surface area contributed by atoms with Crippen molar-refractivity contribution in [2.75, 3.05) is 5.75 Å². The smallest absolute Gasteiger partial charge is 0.230 e. The topological polar surface area (TPSA) is 85.8 Å². The molecule has 1 aromatic carbocycles. The van der Waals surface area contributed by atoms with E-state index in [9.17, 15) is 4.79 Å². The monoisotopic (exact) mass is 407 g/mol. The van der Waals surface area contributed by atoms with Gasteiger partial charge in [0.1, 0.15) is 16.3 Å². The average Bonchev–Trinajstić information content (AvgIpc) is 3.41. The Kier molecular flexibility index (Phi) is 5.62. The number of aromatic nitrogens is 4. The van der Waals surface area contributed by atoms with Gasteiger partial charge in [-0.05, 0) is 30.2 Å². The molecule has 0 fully saturated rings. The first-order chi connectivity index (χ1) is 14.1. The summed E-state index contributed by atoms with van der Waals surface area (Å²) in [6.07, 6.45) is 3.41. The largest absolute Gasteiger partial charge is 0.467 e. The summed E-state index contributed by atoms with van der Waals surface area (Å²) in [6, 6.07) is 13.5. The molecule has 1 amide bonds. The SMILES string of the molecule is CC(C)c1nnc(SCC(=O)NCc2ccco2)c2c1cnn2-c1ccccc1. The van der Waals surface area contributed by atoms with E-state index >= 15 is 0 Å². The van der Waals surface area contributed by atoms with Crippen molar-refractivity contribution in [1.29, 1.82) is 0 Å². The number of rotatable bonds is 7. The Hall–Kier alpha value is -3.13. The third kappa shape index (κ3) is 4.17. The highest BCUT2D eigenvalue weighted by molar-refractivity contribution is 8.00. The molecule has 148 valence electrons. The fourth-order valence-corrected chi connectivity index (χ4v) is 3.82. The van der Waals surface area contributed by atoms with E-state index in [0.29, 0.717) is 17.3 Å². The van der Waals surface area contributed by atoms with E-state index in [0.717, 1.165) is 22.3 Å². The van der Waals surface area contributed by atoms with Gasteiger partial charge in [-0.2, -0.15) is 10.2 Å². The second-order valence-electron chi connectivity index (χ2n) is 6.84. The van der Waals surface area contributed by atoms with Crippen LogP contribution in [0.2, 0.25) is 0 Å². The third-order valence-corrected chi connectivity index (χ3v) is 5.38. The highest BCUT2D eigenvalue weighted by Crippen LogP contribution is 2.31. The van der Waals surface area contributed by atoms with Crippen LogP contribution in [0.4, 0.5) is 0 Å². The minimum absolute atomic E-state index is 0.0972. The van der Waals surface area contributed by atoms with Gasteiger partial charge in [0.05, 0.1) is 36.1 Å². The Balaban J connectivity index is 1.60. The third-order valence-electron chi connectivity index (χ3n) is 4.42. The minimum atomic E-state index is -0.0972. The molecule has 0 aliphatic rings. The normalized spacial score (nSPS) is 11.3. The lowest BCUT2D eigenvalue weighted by molar-refractivity contribution is -0.118. The number of carbonyl (C=O) groups is 1. The van der Waals surface area contributed by atoms with Crippen molar-refractivity contribution >= 4 is 28.6 Å². The molecule has 29 heavy (non-hydrogen) atoms. The van der Waals surface area contributed by atoms with Crippen LogP contribution in [0.3, 0.4) is 0 Å². The van der Waals surface area contributed by atoms with Crippen LogP contribution in [0.25, 0.3) is 16.6 Å². The molecule has 0 bridgehead atoms. The Morgan fingerprint density at radius 3 is 2.72 bits per heavy atom. The zero-order valence-electron chi connectivity index (χ0n) is 16.2. The lowest BCUT2D eigenvalue weighted by Gasteiger charge is -2.10. The lowest BCUT2D eigenvalue weighted by atomic mass is 10.1. The number of furan rings is 1. The number of carbonyl (C=O) groups excluding carboxylic acids is 1. The molecule has 4 rings (SSSR count). The van der Waals surface area contributed by atoms with Crippen LogP contribution in [0.5, 0.6) is 0 Å². The van der Waals surface area contributed by atoms with Crippen molar-refractivity contribution < 1.29 is 9.21 Å². The number of para-hydroxylation sites is 1. The molecule has 4 aromatic rings. The van der Waals surface area contributed by atoms with Gasteiger partial charge in [0.2, 0.25) is 5.91 Å². The molecule has 0 unspecified atom stereocenters. The second kappa shape index (κ2) is 8.48.